The van der Waals surface area contributed by atoms with E-state index in [1.807, 2.05) is 72.8 Å². The number of para-hydroxylation sites is 1. The van der Waals surface area contributed by atoms with Crippen LogP contribution in [0.15, 0.2) is 54.6 Å². The maximum Gasteiger partial charge on any atom is 0.258 e. The van der Waals surface area contributed by atoms with Gasteiger partial charge in [0.1, 0.15) is 5.82 Å². The fourth-order valence-electron chi connectivity index (χ4n) is 3.85. The van der Waals surface area contributed by atoms with Gasteiger partial charge in [-0.15, -0.1) is 15.3 Å². The molecule has 8 nitrogen and oxygen atoms in total. The molecule has 0 saturated heterocycles. The minimum Gasteiger partial charge on any atom is -0.354 e. The number of amides is 1. The first-order valence-corrected chi connectivity index (χ1v) is 10.5. The molecule has 0 atom stereocenters. The number of carbonyl (C=O) groups is 1. The maximum absolute atomic E-state index is 12.0. The second-order valence-corrected chi connectivity index (χ2v) is 7.88. The van der Waals surface area contributed by atoms with E-state index < -0.39 is 0 Å². The van der Waals surface area contributed by atoms with E-state index in [0.717, 1.165) is 27.9 Å². The number of hydrogen-bond donors (Lipinski definition) is 1. The summed E-state index contributed by atoms with van der Waals surface area (Å²) in [5, 5.41) is 17.5. The van der Waals surface area contributed by atoms with E-state index in [2.05, 4.69) is 15.5 Å². The van der Waals surface area contributed by atoms with Crippen LogP contribution in [-0.4, -0.2) is 41.1 Å². The van der Waals surface area contributed by atoms with Crippen LogP contribution in [0.4, 0.5) is 0 Å². The molecule has 2 aromatic carbocycles. The molecule has 5 aromatic rings. The van der Waals surface area contributed by atoms with E-state index in [9.17, 15) is 4.79 Å². The van der Waals surface area contributed by atoms with Crippen molar-refractivity contribution in [3.05, 3.63) is 60.4 Å². The molecule has 156 valence electrons. The highest BCUT2D eigenvalue weighted by molar-refractivity contribution is 5.94. The predicted octanol–water partition coefficient (Wildman–Crippen LogP) is 3.44. The Hall–Kier alpha value is -3.81. The first-order chi connectivity index (χ1) is 15.1. The van der Waals surface area contributed by atoms with Crippen molar-refractivity contribution in [2.24, 2.45) is 0 Å². The second-order valence-electron chi connectivity index (χ2n) is 7.88. The highest BCUT2D eigenvalue weighted by atomic mass is 16.1. The van der Waals surface area contributed by atoms with Gasteiger partial charge in [-0.1, -0.05) is 42.5 Å². The fourth-order valence-corrected chi connectivity index (χ4v) is 3.85. The van der Waals surface area contributed by atoms with Gasteiger partial charge < -0.3 is 5.32 Å². The number of benzene rings is 2. The molecule has 1 amide bonds. The number of carbonyl (C=O) groups excluding carboxylic acids is 1. The van der Waals surface area contributed by atoms with E-state index in [1.54, 1.807) is 4.52 Å². The molecule has 8 heteroatoms. The number of nitrogens with one attached hydrogen (secondary N) is 1. The van der Waals surface area contributed by atoms with Crippen LogP contribution in [0.2, 0.25) is 0 Å². The Kier molecular flexibility index (Phi) is 4.82. The van der Waals surface area contributed by atoms with Gasteiger partial charge in [0.05, 0.1) is 5.52 Å². The van der Waals surface area contributed by atoms with E-state index in [0.29, 0.717) is 30.9 Å². The maximum atomic E-state index is 12.0. The van der Waals surface area contributed by atoms with Crippen LogP contribution in [0.1, 0.15) is 32.5 Å². The van der Waals surface area contributed by atoms with Gasteiger partial charge >= 0.3 is 0 Å². The summed E-state index contributed by atoms with van der Waals surface area (Å²) in [4.78, 5) is 16.8. The summed E-state index contributed by atoms with van der Waals surface area (Å²) >= 11 is 0. The van der Waals surface area contributed by atoms with E-state index in [4.69, 9.17) is 10.1 Å². The van der Waals surface area contributed by atoms with Crippen molar-refractivity contribution in [3.63, 3.8) is 0 Å². The molecule has 0 unspecified atom stereocenters. The van der Waals surface area contributed by atoms with Gasteiger partial charge in [0.25, 0.3) is 5.78 Å². The summed E-state index contributed by atoms with van der Waals surface area (Å²) in [7, 11) is 0. The standard InChI is InChI=1S/C23H23N7O/c1-15(2)24-20(31)14-8-13-19-26-27-23-29(19)18-12-7-6-11-17(18)22-25-21(28-30(22)23)16-9-4-3-5-10-16/h3-7,9-12,15H,8,13-14H2,1-2H3,(H,24,31). The van der Waals surface area contributed by atoms with Crippen molar-refractivity contribution in [3.8, 4) is 11.4 Å². The summed E-state index contributed by atoms with van der Waals surface area (Å²) < 4.78 is 3.78. The van der Waals surface area contributed by atoms with E-state index in [-0.39, 0.29) is 11.9 Å². The van der Waals surface area contributed by atoms with Gasteiger partial charge in [0.2, 0.25) is 5.91 Å². The topological polar surface area (TPSA) is 89.5 Å². The Labute approximate surface area is 178 Å². The third kappa shape index (κ3) is 3.50. The molecular weight excluding hydrogens is 390 g/mol. The number of nitrogens with zero attached hydrogens (tertiary/aromatic N) is 6. The van der Waals surface area contributed by atoms with Crippen molar-refractivity contribution >= 4 is 28.2 Å². The van der Waals surface area contributed by atoms with Crippen molar-refractivity contribution in [2.75, 3.05) is 0 Å². The lowest BCUT2D eigenvalue weighted by atomic mass is 10.2. The van der Waals surface area contributed by atoms with Gasteiger partial charge in [-0.2, -0.15) is 4.52 Å². The van der Waals surface area contributed by atoms with Crippen LogP contribution in [0.5, 0.6) is 0 Å². The Balaban J connectivity index is 1.59. The summed E-state index contributed by atoms with van der Waals surface area (Å²) in [6, 6.07) is 18.1. The van der Waals surface area contributed by atoms with Gasteiger partial charge in [0.15, 0.2) is 11.5 Å². The van der Waals surface area contributed by atoms with Crippen LogP contribution >= 0.6 is 0 Å². The molecular formula is C23H23N7O. The lowest BCUT2D eigenvalue weighted by Gasteiger charge is -2.08. The quantitative estimate of drug-likeness (QED) is 0.461. The number of aryl methyl sites for hydroxylation is 1. The Morgan fingerprint density at radius 3 is 2.61 bits per heavy atom. The number of hydrogen-bond acceptors (Lipinski definition) is 5. The smallest absolute Gasteiger partial charge is 0.258 e. The lowest BCUT2D eigenvalue weighted by molar-refractivity contribution is -0.121. The third-order valence-electron chi connectivity index (χ3n) is 5.18. The third-order valence-corrected chi connectivity index (χ3v) is 5.18. The largest absolute Gasteiger partial charge is 0.354 e. The minimum absolute atomic E-state index is 0.0554. The molecule has 0 saturated carbocycles. The zero-order valence-electron chi connectivity index (χ0n) is 17.5. The number of fused-ring (bicyclic) bond motifs is 6. The molecule has 1 N–H and O–H groups in total. The van der Waals surface area contributed by atoms with E-state index in [1.165, 1.54) is 0 Å². The highest BCUT2D eigenvalue weighted by Crippen LogP contribution is 2.25. The average Bonchev–Trinajstić information content (AvgIpc) is 3.39. The molecule has 3 aromatic heterocycles. The van der Waals surface area contributed by atoms with Crippen molar-refractivity contribution in [1.29, 1.82) is 0 Å². The van der Waals surface area contributed by atoms with Crippen LogP contribution in [0.25, 0.3) is 33.7 Å². The monoisotopic (exact) mass is 413 g/mol. The lowest BCUT2D eigenvalue weighted by Crippen LogP contribution is -2.29. The van der Waals surface area contributed by atoms with Crippen LogP contribution in [-0.2, 0) is 11.2 Å². The Morgan fingerprint density at radius 2 is 1.81 bits per heavy atom. The minimum atomic E-state index is 0.0554. The summed E-state index contributed by atoms with van der Waals surface area (Å²) in [6.07, 6.45) is 1.79. The van der Waals surface area contributed by atoms with Gasteiger partial charge in [-0.05, 0) is 32.4 Å². The summed E-state index contributed by atoms with van der Waals surface area (Å²) in [5.41, 5.74) is 2.67. The molecule has 5 rings (SSSR count). The zero-order chi connectivity index (χ0) is 21.4. The Morgan fingerprint density at radius 1 is 1.03 bits per heavy atom. The normalized spacial score (nSPS) is 11.7. The SMILES string of the molecule is CC(C)NC(=O)CCCc1nnc2n3nc(-c4ccccc4)nc3c3ccccc3n12. The van der Waals surface area contributed by atoms with Gasteiger partial charge in [-0.3, -0.25) is 9.20 Å². The molecule has 0 spiro atoms. The van der Waals surface area contributed by atoms with Crippen LogP contribution in [0.3, 0.4) is 0 Å². The van der Waals surface area contributed by atoms with Crippen molar-refractivity contribution in [2.45, 2.75) is 39.2 Å². The molecule has 0 aliphatic heterocycles. The molecule has 0 bridgehead atoms. The molecule has 0 aliphatic carbocycles. The Bertz CT molecular complexity index is 1390. The predicted molar refractivity (Wildman–Crippen MR) is 119 cm³/mol. The van der Waals surface area contributed by atoms with Gasteiger partial charge in [-0.25, -0.2) is 4.98 Å². The summed E-state index contributed by atoms with van der Waals surface area (Å²) in [6.45, 7) is 3.92. The number of rotatable bonds is 6. The summed E-state index contributed by atoms with van der Waals surface area (Å²) in [5.74, 6) is 2.13. The van der Waals surface area contributed by atoms with E-state index >= 15 is 0 Å². The first-order valence-electron chi connectivity index (χ1n) is 10.5. The fraction of sp³-hybridized carbons (Fsp3) is 0.261. The molecule has 31 heavy (non-hydrogen) atoms. The van der Waals surface area contributed by atoms with Crippen molar-refractivity contribution in [1.82, 2.24) is 34.5 Å². The number of aromatic nitrogens is 6. The van der Waals surface area contributed by atoms with Crippen LogP contribution < -0.4 is 5.32 Å². The molecule has 0 radical (unpaired) electrons. The van der Waals surface area contributed by atoms with Crippen LogP contribution in [0, 0.1) is 0 Å². The average molecular weight is 413 g/mol. The van der Waals surface area contributed by atoms with Gasteiger partial charge in [0, 0.05) is 29.8 Å². The molecule has 0 aliphatic rings. The van der Waals surface area contributed by atoms with Crippen molar-refractivity contribution < 1.29 is 4.79 Å². The zero-order valence-corrected chi connectivity index (χ0v) is 17.5. The first kappa shape index (κ1) is 19.2. The molecule has 3 heterocycles. The highest BCUT2D eigenvalue weighted by Gasteiger charge is 2.18. The molecule has 0 fully saturated rings. The second kappa shape index (κ2) is 7.79.